The maximum absolute atomic E-state index is 9.59. The molecule has 0 bridgehead atoms. The van der Waals surface area contributed by atoms with E-state index in [4.69, 9.17) is 0 Å². The molecule has 1 heterocycles. The molecule has 0 aromatic carbocycles. The Morgan fingerprint density at radius 2 is 2.07 bits per heavy atom. The molecule has 1 aromatic heterocycles. The van der Waals surface area contributed by atoms with Gasteiger partial charge in [0.05, 0.1) is 6.10 Å². The summed E-state index contributed by atoms with van der Waals surface area (Å²) in [6, 6.07) is 3.81. The number of hydrogen-bond donors (Lipinski definition) is 2. The van der Waals surface area contributed by atoms with Crippen molar-refractivity contribution in [1.82, 2.24) is 4.98 Å². The van der Waals surface area contributed by atoms with Gasteiger partial charge in [-0.05, 0) is 38.8 Å². The van der Waals surface area contributed by atoms with Crippen molar-refractivity contribution >= 4 is 5.82 Å². The minimum absolute atomic E-state index is 0.0118. The van der Waals surface area contributed by atoms with Crippen LogP contribution in [0, 0.1) is 0 Å². The largest absolute Gasteiger partial charge is 0.388 e. The third-order valence-electron chi connectivity index (χ3n) is 2.06. The van der Waals surface area contributed by atoms with Crippen LogP contribution in [0.25, 0.3) is 0 Å². The fourth-order valence-corrected chi connectivity index (χ4v) is 1.30. The summed E-state index contributed by atoms with van der Waals surface area (Å²) in [6.07, 6.45) is 2.04. The zero-order valence-electron chi connectivity index (χ0n) is 9.91. The second kappa shape index (κ2) is 4.62. The highest BCUT2D eigenvalue weighted by atomic mass is 16.3. The standard InChI is InChI=1S/C12H20N2O/c1-5-10(15)9-6-7-11(13-8-9)14-12(2,3)4/h6-8,10,15H,5H2,1-4H3,(H,13,14)/t10-/m1/s1. The van der Waals surface area contributed by atoms with Gasteiger partial charge in [0.2, 0.25) is 0 Å². The smallest absolute Gasteiger partial charge is 0.126 e. The molecule has 0 aliphatic rings. The number of nitrogens with zero attached hydrogens (tertiary/aromatic N) is 1. The highest BCUT2D eigenvalue weighted by molar-refractivity contribution is 5.38. The molecule has 15 heavy (non-hydrogen) atoms. The van der Waals surface area contributed by atoms with Crippen molar-refractivity contribution < 1.29 is 5.11 Å². The molecule has 0 fully saturated rings. The molecule has 0 aliphatic heterocycles. The fourth-order valence-electron chi connectivity index (χ4n) is 1.30. The molecule has 0 saturated heterocycles. The molecule has 0 amide bonds. The number of rotatable bonds is 3. The van der Waals surface area contributed by atoms with Crippen LogP contribution in [0.1, 0.15) is 45.8 Å². The van der Waals surface area contributed by atoms with Crippen molar-refractivity contribution in [3.63, 3.8) is 0 Å². The molecule has 0 aliphatic carbocycles. The first-order chi connectivity index (χ1) is 6.92. The Morgan fingerprint density at radius 1 is 1.40 bits per heavy atom. The highest BCUT2D eigenvalue weighted by Crippen LogP contribution is 2.18. The van der Waals surface area contributed by atoms with Crippen LogP contribution in [0.5, 0.6) is 0 Å². The van der Waals surface area contributed by atoms with E-state index in [1.165, 1.54) is 0 Å². The van der Waals surface area contributed by atoms with Crippen LogP contribution in [-0.2, 0) is 0 Å². The fraction of sp³-hybridized carbons (Fsp3) is 0.583. The van der Waals surface area contributed by atoms with E-state index in [0.717, 1.165) is 11.4 Å². The molecule has 1 aromatic rings. The molecule has 0 spiro atoms. The molecule has 0 saturated carbocycles. The van der Waals surface area contributed by atoms with Gasteiger partial charge in [-0.15, -0.1) is 0 Å². The first-order valence-electron chi connectivity index (χ1n) is 5.34. The Kier molecular flexibility index (Phi) is 3.69. The maximum atomic E-state index is 9.59. The number of aromatic nitrogens is 1. The van der Waals surface area contributed by atoms with Gasteiger partial charge in [0.25, 0.3) is 0 Å². The van der Waals surface area contributed by atoms with Gasteiger partial charge < -0.3 is 10.4 Å². The van der Waals surface area contributed by atoms with Crippen molar-refractivity contribution in [3.05, 3.63) is 23.9 Å². The normalized spacial score (nSPS) is 13.7. The third-order valence-corrected chi connectivity index (χ3v) is 2.06. The van der Waals surface area contributed by atoms with Crippen LogP contribution >= 0.6 is 0 Å². The Bertz CT molecular complexity index is 300. The molecular formula is C12H20N2O. The second-order valence-electron chi connectivity index (χ2n) is 4.78. The van der Waals surface area contributed by atoms with Gasteiger partial charge in [0.15, 0.2) is 0 Å². The number of pyridine rings is 1. The van der Waals surface area contributed by atoms with E-state index < -0.39 is 6.10 Å². The Balaban J connectivity index is 2.72. The SMILES string of the molecule is CC[C@@H](O)c1ccc(NC(C)(C)C)nc1. The summed E-state index contributed by atoms with van der Waals surface area (Å²) in [5.74, 6) is 0.842. The zero-order chi connectivity index (χ0) is 11.5. The molecule has 2 N–H and O–H groups in total. The van der Waals surface area contributed by atoms with Crippen molar-refractivity contribution in [3.8, 4) is 0 Å². The molecule has 3 heteroatoms. The summed E-state index contributed by atoms with van der Waals surface area (Å²) in [4.78, 5) is 4.26. The average Bonchev–Trinajstić information content (AvgIpc) is 2.15. The summed E-state index contributed by atoms with van der Waals surface area (Å²) in [6.45, 7) is 8.21. The lowest BCUT2D eigenvalue weighted by Gasteiger charge is -2.21. The van der Waals surface area contributed by atoms with Gasteiger partial charge in [-0.3, -0.25) is 0 Å². The number of nitrogens with one attached hydrogen (secondary N) is 1. The van der Waals surface area contributed by atoms with E-state index >= 15 is 0 Å². The number of anilines is 1. The van der Waals surface area contributed by atoms with Gasteiger partial charge in [0, 0.05) is 11.7 Å². The van der Waals surface area contributed by atoms with E-state index in [1.807, 2.05) is 19.1 Å². The van der Waals surface area contributed by atoms with Crippen molar-refractivity contribution in [2.24, 2.45) is 0 Å². The second-order valence-corrected chi connectivity index (χ2v) is 4.78. The lowest BCUT2D eigenvalue weighted by molar-refractivity contribution is 0.173. The monoisotopic (exact) mass is 208 g/mol. The molecule has 0 radical (unpaired) electrons. The molecule has 84 valence electrons. The lowest BCUT2D eigenvalue weighted by Crippen LogP contribution is -2.26. The van der Waals surface area contributed by atoms with Crippen molar-refractivity contribution in [1.29, 1.82) is 0 Å². The van der Waals surface area contributed by atoms with Gasteiger partial charge in [-0.2, -0.15) is 0 Å². The first kappa shape index (κ1) is 12.0. The van der Waals surface area contributed by atoms with Crippen LogP contribution in [-0.4, -0.2) is 15.6 Å². The van der Waals surface area contributed by atoms with Crippen LogP contribution in [0.4, 0.5) is 5.82 Å². The minimum Gasteiger partial charge on any atom is -0.388 e. The summed E-state index contributed by atoms with van der Waals surface area (Å²) in [5, 5.41) is 12.9. The van der Waals surface area contributed by atoms with Crippen LogP contribution in [0.3, 0.4) is 0 Å². The Labute approximate surface area is 91.5 Å². The predicted molar refractivity (Wildman–Crippen MR) is 62.9 cm³/mol. The maximum Gasteiger partial charge on any atom is 0.126 e. The van der Waals surface area contributed by atoms with E-state index in [-0.39, 0.29) is 5.54 Å². The zero-order valence-corrected chi connectivity index (χ0v) is 9.91. The molecule has 3 nitrogen and oxygen atoms in total. The van der Waals surface area contributed by atoms with Crippen molar-refractivity contribution in [2.75, 3.05) is 5.32 Å². The summed E-state index contributed by atoms with van der Waals surface area (Å²) in [5.41, 5.74) is 0.884. The number of hydrogen-bond acceptors (Lipinski definition) is 3. The third kappa shape index (κ3) is 3.88. The van der Waals surface area contributed by atoms with Gasteiger partial charge in [0.1, 0.15) is 5.82 Å². The van der Waals surface area contributed by atoms with E-state index in [0.29, 0.717) is 6.42 Å². The summed E-state index contributed by atoms with van der Waals surface area (Å²) >= 11 is 0. The molecule has 0 unspecified atom stereocenters. The number of aliphatic hydroxyl groups is 1. The predicted octanol–water partition coefficient (Wildman–Crippen LogP) is 2.74. The highest BCUT2D eigenvalue weighted by Gasteiger charge is 2.10. The van der Waals surface area contributed by atoms with E-state index in [9.17, 15) is 5.11 Å². The molecular weight excluding hydrogens is 188 g/mol. The Morgan fingerprint density at radius 3 is 2.47 bits per heavy atom. The van der Waals surface area contributed by atoms with Gasteiger partial charge >= 0.3 is 0 Å². The van der Waals surface area contributed by atoms with E-state index in [1.54, 1.807) is 6.20 Å². The lowest BCUT2D eigenvalue weighted by atomic mass is 10.1. The van der Waals surface area contributed by atoms with E-state index in [2.05, 4.69) is 31.1 Å². The molecule has 1 atom stereocenters. The average molecular weight is 208 g/mol. The van der Waals surface area contributed by atoms with Gasteiger partial charge in [-0.25, -0.2) is 4.98 Å². The van der Waals surface area contributed by atoms with Crippen LogP contribution < -0.4 is 5.32 Å². The minimum atomic E-state index is -0.402. The topological polar surface area (TPSA) is 45.1 Å². The quantitative estimate of drug-likeness (QED) is 0.802. The van der Waals surface area contributed by atoms with Crippen LogP contribution in [0.2, 0.25) is 0 Å². The van der Waals surface area contributed by atoms with Gasteiger partial charge in [-0.1, -0.05) is 13.0 Å². The number of aliphatic hydroxyl groups excluding tert-OH is 1. The molecule has 1 rings (SSSR count). The first-order valence-corrected chi connectivity index (χ1v) is 5.34. The summed E-state index contributed by atoms with van der Waals surface area (Å²) in [7, 11) is 0. The van der Waals surface area contributed by atoms with Crippen molar-refractivity contribution in [2.45, 2.75) is 45.8 Å². The van der Waals surface area contributed by atoms with Crippen LogP contribution in [0.15, 0.2) is 18.3 Å². The summed E-state index contributed by atoms with van der Waals surface area (Å²) < 4.78 is 0. The Hall–Kier alpha value is -1.09.